The predicted molar refractivity (Wildman–Crippen MR) is 96.0 cm³/mol. The number of fused-ring (bicyclic) bond motifs is 3. The van der Waals surface area contributed by atoms with Gasteiger partial charge in [0, 0.05) is 10.4 Å². The Bertz CT molecular complexity index is 996. The second-order valence-electron chi connectivity index (χ2n) is 5.90. The number of benzene rings is 2. The van der Waals surface area contributed by atoms with E-state index in [9.17, 15) is 9.59 Å². The van der Waals surface area contributed by atoms with Crippen molar-refractivity contribution in [2.24, 2.45) is 0 Å². The van der Waals surface area contributed by atoms with Crippen molar-refractivity contribution < 1.29 is 19.2 Å². The number of para-hydroxylation sites is 1. The Morgan fingerprint density at radius 2 is 1.88 bits per heavy atom. The van der Waals surface area contributed by atoms with E-state index in [-0.39, 0.29) is 12.5 Å². The van der Waals surface area contributed by atoms with Crippen molar-refractivity contribution in [1.82, 2.24) is 9.63 Å². The highest BCUT2D eigenvalue weighted by Gasteiger charge is 2.40. The molecule has 0 saturated heterocycles. The first-order chi connectivity index (χ1) is 12.6. The van der Waals surface area contributed by atoms with Gasteiger partial charge in [0.2, 0.25) is 0 Å². The Hall–Kier alpha value is -2.83. The topological polar surface area (TPSA) is 60.8 Å². The summed E-state index contributed by atoms with van der Waals surface area (Å²) in [7, 11) is 1.41. The zero-order valence-electron chi connectivity index (χ0n) is 13.9. The van der Waals surface area contributed by atoms with Crippen LogP contribution in [0.1, 0.15) is 18.2 Å². The standard InChI is InChI=1S/C19H15ClN2O4/c1-25-22-17(11-18(23)26-14-8-6-13(20)7-9-14)16-10-12-4-2-3-5-15(12)21(16)19(22)24/h2-10,17H,11H2,1H3. The summed E-state index contributed by atoms with van der Waals surface area (Å²) in [5.41, 5.74) is 1.48. The second kappa shape index (κ2) is 6.48. The maximum Gasteiger partial charge on any atom is 0.353 e. The van der Waals surface area contributed by atoms with Gasteiger partial charge in [0.25, 0.3) is 0 Å². The maximum atomic E-state index is 12.7. The minimum atomic E-state index is -0.556. The number of hydrogen-bond donors (Lipinski definition) is 0. The van der Waals surface area contributed by atoms with Crippen LogP contribution in [-0.2, 0) is 9.63 Å². The highest BCUT2D eigenvalue weighted by atomic mass is 35.5. The van der Waals surface area contributed by atoms with Gasteiger partial charge in [-0.05, 0) is 36.4 Å². The molecule has 1 amide bonds. The Kier molecular flexibility index (Phi) is 4.14. The number of esters is 1. The number of carbonyl (C=O) groups excluding carboxylic acids is 2. The summed E-state index contributed by atoms with van der Waals surface area (Å²) >= 11 is 5.83. The van der Waals surface area contributed by atoms with Crippen LogP contribution in [0, 0.1) is 0 Å². The van der Waals surface area contributed by atoms with E-state index >= 15 is 0 Å². The fourth-order valence-corrected chi connectivity index (χ4v) is 3.34. The Morgan fingerprint density at radius 3 is 2.62 bits per heavy atom. The average Bonchev–Trinajstić information content (AvgIpc) is 3.13. The van der Waals surface area contributed by atoms with Crippen LogP contribution in [0.2, 0.25) is 5.02 Å². The summed E-state index contributed by atoms with van der Waals surface area (Å²) in [6.07, 6.45) is -0.0292. The molecule has 0 spiro atoms. The molecule has 1 aliphatic rings. The molecule has 0 fully saturated rings. The molecule has 1 aliphatic heterocycles. The van der Waals surface area contributed by atoms with E-state index in [1.807, 2.05) is 30.3 Å². The summed E-state index contributed by atoms with van der Waals surface area (Å²) in [5.74, 6) is -0.0703. The second-order valence-corrected chi connectivity index (χ2v) is 6.34. The van der Waals surface area contributed by atoms with Gasteiger partial charge in [-0.2, -0.15) is 5.06 Å². The summed E-state index contributed by atoms with van der Waals surface area (Å²) in [6, 6.07) is 15.1. The van der Waals surface area contributed by atoms with Gasteiger partial charge < -0.3 is 4.74 Å². The fraction of sp³-hybridized carbons (Fsp3) is 0.158. The van der Waals surface area contributed by atoms with E-state index in [2.05, 4.69) is 0 Å². The summed E-state index contributed by atoms with van der Waals surface area (Å²) < 4.78 is 6.92. The third-order valence-corrected chi connectivity index (χ3v) is 4.60. The van der Waals surface area contributed by atoms with Crippen LogP contribution in [0.4, 0.5) is 4.79 Å². The molecule has 0 N–H and O–H groups in total. The van der Waals surface area contributed by atoms with Gasteiger partial charge >= 0.3 is 12.0 Å². The number of amides is 1. The SMILES string of the molecule is CON1C(=O)n2c(cc3ccccc32)C1CC(=O)Oc1ccc(Cl)cc1. The van der Waals surface area contributed by atoms with Crippen molar-refractivity contribution in [3.63, 3.8) is 0 Å². The van der Waals surface area contributed by atoms with Gasteiger partial charge in [-0.3, -0.25) is 14.2 Å². The van der Waals surface area contributed by atoms with E-state index in [1.54, 1.807) is 28.8 Å². The highest BCUT2D eigenvalue weighted by molar-refractivity contribution is 6.30. The van der Waals surface area contributed by atoms with Crippen LogP contribution >= 0.6 is 11.6 Å². The van der Waals surface area contributed by atoms with Crippen molar-refractivity contribution in [1.29, 1.82) is 0 Å². The molecule has 4 rings (SSSR count). The number of rotatable bonds is 4. The van der Waals surface area contributed by atoms with Crippen LogP contribution in [0.25, 0.3) is 10.9 Å². The number of ether oxygens (including phenoxy) is 1. The maximum absolute atomic E-state index is 12.7. The number of aromatic nitrogens is 1. The van der Waals surface area contributed by atoms with E-state index in [0.29, 0.717) is 16.5 Å². The fourth-order valence-electron chi connectivity index (χ4n) is 3.21. The summed E-state index contributed by atoms with van der Waals surface area (Å²) in [4.78, 5) is 30.3. The van der Waals surface area contributed by atoms with Crippen molar-refractivity contribution in [3.05, 3.63) is 65.3 Å². The van der Waals surface area contributed by atoms with Crippen molar-refractivity contribution in [2.45, 2.75) is 12.5 Å². The molecule has 7 heteroatoms. The van der Waals surface area contributed by atoms with Gasteiger partial charge in [-0.15, -0.1) is 0 Å². The number of nitrogens with zero attached hydrogens (tertiary/aromatic N) is 2. The van der Waals surface area contributed by atoms with Crippen LogP contribution < -0.4 is 4.74 Å². The van der Waals surface area contributed by atoms with Gasteiger partial charge in [0.1, 0.15) is 11.8 Å². The van der Waals surface area contributed by atoms with Gasteiger partial charge in [-0.25, -0.2) is 4.79 Å². The summed E-state index contributed by atoms with van der Waals surface area (Å²) in [6.45, 7) is 0. The molecule has 132 valence electrons. The molecule has 6 nitrogen and oxygen atoms in total. The highest BCUT2D eigenvalue weighted by Crippen LogP contribution is 2.37. The molecule has 2 aromatic carbocycles. The normalized spacial score (nSPS) is 16.2. The smallest absolute Gasteiger partial charge is 0.353 e. The lowest BCUT2D eigenvalue weighted by Crippen LogP contribution is -2.30. The Morgan fingerprint density at radius 1 is 1.15 bits per heavy atom. The van der Waals surface area contributed by atoms with E-state index in [1.165, 1.54) is 12.2 Å². The van der Waals surface area contributed by atoms with E-state index < -0.39 is 12.0 Å². The molecule has 1 atom stereocenters. The van der Waals surface area contributed by atoms with Crippen molar-refractivity contribution in [2.75, 3.05) is 7.11 Å². The molecule has 0 saturated carbocycles. The molecule has 1 unspecified atom stereocenters. The van der Waals surface area contributed by atoms with E-state index in [4.69, 9.17) is 21.2 Å². The zero-order valence-corrected chi connectivity index (χ0v) is 14.6. The lowest BCUT2D eigenvalue weighted by molar-refractivity contribution is -0.143. The van der Waals surface area contributed by atoms with Crippen LogP contribution in [-0.4, -0.2) is 28.7 Å². The number of hydroxylamine groups is 2. The van der Waals surface area contributed by atoms with Crippen LogP contribution in [0.3, 0.4) is 0 Å². The first kappa shape index (κ1) is 16.6. The molecular formula is C19H15ClN2O4. The van der Waals surface area contributed by atoms with Crippen molar-refractivity contribution in [3.8, 4) is 5.75 Å². The largest absolute Gasteiger partial charge is 0.426 e. The zero-order chi connectivity index (χ0) is 18.3. The molecular weight excluding hydrogens is 356 g/mol. The third kappa shape index (κ3) is 2.73. The molecule has 3 aromatic rings. The summed E-state index contributed by atoms with van der Waals surface area (Å²) in [5, 5.41) is 2.69. The molecule has 0 radical (unpaired) electrons. The van der Waals surface area contributed by atoms with Gasteiger partial charge in [-0.1, -0.05) is 29.8 Å². The lowest BCUT2D eigenvalue weighted by atomic mass is 10.1. The third-order valence-electron chi connectivity index (χ3n) is 4.35. The number of carbonyl (C=O) groups is 2. The molecule has 1 aromatic heterocycles. The van der Waals surface area contributed by atoms with Crippen LogP contribution in [0.15, 0.2) is 54.6 Å². The molecule has 0 bridgehead atoms. The molecule has 26 heavy (non-hydrogen) atoms. The quantitative estimate of drug-likeness (QED) is 0.510. The first-order valence-corrected chi connectivity index (χ1v) is 8.40. The van der Waals surface area contributed by atoms with Gasteiger partial charge in [0.05, 0.1) is 24.7 Å². The Balaban J connectivity index is 1.62. The molecule has 2 heterocycles. The van der Waals surface area contributed by atoms with Crippen molar-refractivity contribution >= 4 is 34.5 Å². The number of halogens is 1. The van der Waals surface area contributed by atoms with E-state index in [0.717, 1.165) is 10.9 Å². The number of hydrogen-bond acceptors (Lipinski definition) is 4. The monoisotopic (exact) mass is 370 g/mol. The average molecular weight is 371 g/mol. The lowest BCUT2D eigenvalue weighted by Gasteiger charge is -2.20. The van der Waals surface area contributed by atoms with Crippen LogP contribution in [0.5, 0.6) is 5.75 Å². The minimum absolute atomic E-state index is 0.0292. The molecule has 0 aliphatic carbocycles. The predicted octanol–water partition coefficient (Wildman–Crippen LogP) is 4.18. The van der Waals surface area contributed by atoms with Gasteiger partial charge in [0.15, 0.2) is 0 Å². The Labute approximate surface area is 154 Å². The minimum Gasteiger partial charge on any atom is -0.426 e. The first-order valence-electron chi connectivity index (χ1n) is 8.03.